The molecule has 0 aliphatic heterocycles. The molecule has 2 heterocycles. The van der Waals surface area contributed by atoms with Gasteiger partial charge in [0.2, 0.25) is 0 Å². The van der Waals surface area contributed by atoms with E-state index in [2.05, 4.69) is 15.3 Å². The Hall–Kier alpha value is -3.36. The molecular weight excluding hydrogens is 453 g/mol. The van der Waals surface area contributed by atoms with E-state index in [1.807, 2.05) is 13.8 Å². The molecule has 0 fully saturated rings. The highest BCUT2D eigenvalue weighted by Gasteiger charge is 2.14. The summed E-state index contributed by atoms with van der Waals surface area (Å²) in [6.07, 6.45) is 1.57. The molecule has 0 saturated carbocycles. The molecule has 2 aromatic heterocycles. The summed E-state index contributed by atoms with van der Waals surface area (Å²) in [6.45, 7) is 3.90. The molecule has 0 radical (unpaired) electrons. The van der Waals surface area contributed by atoms with Gasteiger partial charge < -0.3 is 10.1 Å². The lowest BCUT2D eigenvalue weighted by atomic mass is 10.2. The predicted octanol–water partition coefficient (Wildman–Crippen LogP) is 4.61. The third kappa shape index (κ3) is 4.61. The van der Waals surface area contributed by atoms with Gasteiger partial charge in [0.05, 0.1) is 11.4 Å². The van der Waals surface area contributed by atoms with Crippen LogP contribution in [0.5, 0.6) is 5.75 Å². The molecule has 10 heteroatoms. The van der Waals surface area contributed by atoms with Crippen LogP contribution in [0.4, 0.5) is 5.69 Å². The Balaban J connectivity index is 1.56. The average molecular weight is 472 g/mol. The highest BCUT2D eigenvalue weighted by Crippen LogP contribution is 2.29. The Morgan fingerprint density at radius 1 is 1.12 bits per heavy atom. The highest BCUT2D eigenvalue weighted by atomic mass is 35.5. The smallest absolute Gasteiger partial charge is 0.274 e. The maximum Gasteiger partial charge on any atom is 0.274 e. The summed E-state index contributed by atoms with van der Waals surface area (Å²) in [6, 6.07) is 12.9. The van der Waals surface area contributed by atoms with E-state index in [1.165, 1.54) is 10.6 Å². The van der Waals surface area contributed by atoms with Crippen LogP contribution < -0.4 is 15.6 Å². The third-order valence-corrected chi connectivity index (χ3v) is 5.11. The van der Waals surface area contributed by atoms with Gasteiger partial charge in [-0.05, 0) is 50.2 Å². The SMILES string of the molecule is CC(C)n1cnc2nc(COc3ccc(Cl)cc3NC(=O)c3cccc(Cl)c3)cc(=O)n21. The minimum Gasteiger partial charge on any atom is -0.485 e. The lowest BCUT2D eigenvalue weighted by Crippen LogP contribution is -2.23. The number of ether oxygens (including phenoxy) is 1. The van der Waals surface area contributed by atoms with E-state index in [1.54, 1.807) is 53.5 Å². The topological polar surface area (TPSA) is 90.5 Å². The van der Waals surface area contributed by atoms with Gasteiger partial charge in [-0.1, -0.05) is 29.3 Å². The lowest BCUT2D eigenvalue weighted by Gasteiger charge is -2.13. The molecule has 4 rings (SSSR count). The Bertz CT molecular complexity index is 1360. The fourth-order valence-corrected chi connectivity index (χ4v) is 3.48. The number of nitrogens with one attached hydrogen (secondary N) is 1. The first-order chi connectivity index (χ1) is 15.3. The summed E-state index contributed by atoms with van der Waals surface area (Å²) in [7, 11) is 0. The lowest BCUT2D eigenvalue weighted by molar-refractivity contribution is 0.102. The van der Waals surface area contributed by atoms with Gasteiger partial charge in [0.15, 0.2) is 0 Å². The van der Waals surface area contributed by atoms with Gasteiger partial charge in [-0.15, -0.1) is 0 Å². The molecule has 32 heavy (non-hydrogen) atoms. The van der Waals surface area contributed by atoms with Gasteiger partial charge in [0.25, 0.3) is 17.2 Å². The summed E-state index contributed by atoms with van der Waals surface area (Å²) >= 11 is 12.1. The molecule has 2 aromatic carbocycles. The molecule has 8 nitrogen and oxygen atoms in total. The minimum atomic E-state index is -0.364. The van der Waals surface area contributed by atoms with Crippen molar-refractivity contribution < 1.29 is 9.53 Å². The Kier molecular flexibility index (Phi) is 6.16. The van der Waals surface area contributed by atoms with Gasteiger partial charge in [-0.2, -0.15) is 9.50 Å². The quantitative estimate of drug-likeness (QED) is 0.443. The number of carbonyl (C=O) groups is 1. The number of aromatic nitrogens is 4. The number of amides is 1. The van der Waals surface area contributed by atoms with Crippen LogP contribution in [-0.2, 0) is 6.61 Å². The van der Waals surface area contributed by atoms with E-state index in [0.717, 1.165) is 0 Å². The van der Waals surface area contributed by atoms with Gasteiger partial charge in [0, 0.05) is 27.7 Å². The highest BCUT2D eigenvalue weighted by molar-refractivity contribution is 6.31. The molecule has 0 saturated heterocycles. The van der Waals surface area contributed by atoms with Crippen LogP contribution in [0.1, 0.15) is 35.9 Å². The van der Waals surface area contributed by atoms with Crippen LogP contribution in [0.2, 0.25) is 10.0 Å². The van der Waals surface area contributed by atoms with Crippen molar-refractivity contribution >= 4 is 40.6 Å². The predicted molar refractivity (Wildman–Crippen MR) is 123 cm³/mol. The summed E-state index contributed by atoms with van der Waals surface area (Å²) in [5.74, 6) is 0.298. The molecule has 0 aliphatic rings. The van der Waals surface area contributed by atoms with Crippen molar-refractivity contribution in [2.75, 3.05) is 5.32 Å². The van der Waals surface area contributed by atoms with Crippen LogP contribution in [0.15, 0.2) is 59.7 Å². The van der Waals surface area contributed by atoms with Crippen LogP contribution in [0, 0.1) is 0 Å². The molecular formula is C22H19Cl2N5O3. The number of hydrogen-bond acceptors (Lipinski definition) is 5. The molecule has 0 bridgehead atoms. The molecule has 0 atom stereocenters. The number of nitrogens with zero attached hydrogens (tertiary/aromatic N) is 4. The Morgan fingerprint density at radius 2 is 1.91 bits per heavy atom. The molecule has 1 N–H and O–H groups in total. The van der Waals surface area contributed by atoms with E-state index in [-0.39, 0.29) is 29.9 Å². The van der Waals surface area contributed by atoms with Crippen molar-refractivity contribution in [2.45, 2.75) is 26.5 Å². The zero-order valence-corrected chi connectivity index (χ0v) is 18.8. The van der Waals surface area contributed by atoms with E-state index in [0.29, 0.717) is 32.7 Å². The van der Waals surface area contributed by atoms with E-state index in [9.17, 15) is 9.59 Å². The average Bonchev–Trinajstić information content (AvgIpc) is 3.18. The van der Waals surface area contributed by atoms with E-state index < -0.39 is 0 Å². The zero-order chi connectivity index (χ0) is 22.8. The Labute approximate surface area is 193 Å². The number of rotatable bonds is 6. The monoisotopic (exact) mass is 471 g/mol. The maximum absolute atomic E-state index is 12.6. The first-order valence-electron chi connectivity index (χ1n) is 9.77. The van der Waals surface area contributed by atoms with Gasteiger partial charge in [0.1, 0.15) is 18.7 Å². The number of halogens is 2. The zero-order valence-electron chi connectivity index (χ0n) is 17.3. The molecule has 0 spiro atoms. The molecule has 0 aliphatic carbocycles. The maximum atomic E-state index is 12.6. The normalized spacial score (nSPS) is 11.2. The van der Waals surface area contributed by atoms with Crippen molar-refractivity contribution in [3.8, 4) is 5.75 Å². The van der Waals surface area contributed by atoms with Crippen molar-refractivity contribution in [1.29, 1.82) is 0 Å². The molecule has 1 amide bonds. The van der Waals surface area contributed by atoms with Crippen molar-refractivity contribution in [3.05, 3.63) is 86.5 Å². The fourth-order valence-electron chi connectivity index (χ4n) is 3.11. The van der Waals surface area contributed by atoms with E-state index >= 15 is 0 Å². The second kappa shape index (κ2) is 9.02. The van der Waals surface area contributed by atoms with Gasteiger partial charge >= 0.3 is 0 Å². The fraction of sp³-hybridized carbons (Fsp3) is 0.182. The molecule has 164 valence electrons. The van der Waals surface area contributed by atoms with Crippen molar-refractivity contribution in [3.63, 3.8) is 0 Å². The van der Waals surface area contributed by atoms with Gasteiger partial charge in [-0.3, -0.25) is 14.3 Å². The second-order valence-corrected chi connectivity index (χ2v) is 8.18. The second-order valence-electron chi connectivity index (χ2n) is 7.31. The first kappa shape index (κ1) is 21.9. The van der Waals surface area contributed by atoms with Crippen LogP contribution in [0.25, 0.3) is 5.78 Å². The molecule has 0 unspecified atom stereocenters. The standard InChI is InChI=1S/C22H19Cl2N5O3/c1-13(2)28-12-25-22-26-17(10-20(30)29(22)28)11-32-19-7-6-16(24)9-18(19)27-21(31)14-4-3-5-15(23)8-14/h3-10,12-13H,11H2,1-2H3,(H,27,31). The summed E-state index contributed by atoms with van der Waals surface area (Å²) in [5.41, 5.74) is 0.921. The van der Waals surface area contributed by atoms with Crippen LogP contribution in [0.3, 0.4) is 0 Å². The van der Waals surface area contributed by atoms with Crippen molar-refractivity contribution in [1.82, 2.24) is 19.2 Å². The number of carbonyl (C=O) groups excluding carboxylic acids is 1. The number of hydrogen-bond donors (Lipinski definition) is 1. The first-order valence-corrected chi connectivity index (χ1v) is 10.5. The van der Waals surface area contributed by atoms with Crippen LogP contribution >= 0.6 is 23.2 Å². The number of benzene rings is 2. The summed E-state index contributed by atoms with van der Waals surface area (Å²) < 4.78 is 8.97. The minimum absolute atomic E-state index is 0.00193. The van der Waals surface area contributed by atoms with E-state index in [4.69, 9.17) is 27.9 Å². The Morgan fingerprint density at radius 3 is 2.66 bits per heavy atom. The van der Waals surface area contributed by atoms with Gasteiger partial charge in [-0.25, -0.2) is 4.98 Å². The molecule has 4 aromatic rings. The summed E-state index contributed by atoms with van der Waals surface area (Å²) in [4.78, 5) is 33.8. The number of anilines is 1. The third-order valence-electron chi connectivity index (χ3n) is 4.64. The number of fused-ring (bicyclic) bond motifs is 1. The van der Waals surface area contributed by atoms with Crippen molar-refractivity contribution in [2.24, 2.45) is 0 Å². The van der Waals surface area contributed by atoms with Crippen LogP contribution in [-0.4, -0.2) is 25.1 Å². The summed E-state index contributed by atoms with van der Waals surface area (Å²) in [5, 5.41) is 3.66. The largest absolute Gasteiger partial charge is 0.485 e.